The minimum absolute atomic E-state index is 0.0483. The van der Waals surface area contributed by atoms with Crippen molar-refractivity contribution in [3.63, 3.8) is 0 Å². The highest BCUT2D eigenvalue weighted by Gasteiger charge is 2.42. The van der Waals surface area contributed by atoms with Gasteiger partial charge in [0.2, 0.25) is 0 Å². The largest absolute Gasteiger partial charge is 0.494 e. The molecule has 0 saturated carbocycles. The van der Waals surface area contributed by atoms with Gasteiger partial charge < -0.3 is 14.8 Å². The Morgan fingerprint density at radius 1 is 1.21 bits per heavy atom. The quantitative estimate of drug-likeness (QED) is 0.591. The van der Waals surface area contributed by atoms with Crippen LogP contribution in [0.5, 0.6) is 5.75 Å². The first-order valence-electron chi connectivity index (χ1n) is 12.6. The van der Waals surface area contributed by atoms with Gasteiger partial charge in [0.05, 0.1) is 12.6 Å². The van der Waals surface area contributed by atoms with Crippen molar-refractivity contribution in [3.05, 3.63) is 53.3 Å². The summed E-state index contributed by atoms with van der Waals surface area (Å²) in [5, 5.41) is 3.08. The molecule has 1 N–H and O–H groups in total. The summed E-state index contributed by atoms with van der Waals surface area (Å²) in [6, 6.07) is 10.8. The zero-order valence-electron chi connectivity index (χ0n) is 20.4. The van der Waals surface area contributed by atoms with E-state index in [-0.39, 0.29) is 23.4 Å². The molecule has 2 atom stereocenters. The summed E-state index contributed by atoms with van der Waals surface area (Å²) in [5.41, 5.74) is 3.02. The molecule has 0 aromatic heterocycles. The molecule has 1 unspecified atom stereocenters. The van der Waals surface area contributed by atoms with E-state index in [0.717, 1.165) is 67.8 Å². The predicted molar refractivity (Wildman–Crippen MR) is 130 cm³/mol. The van der Waals surface area contributed by atoms with Gasteiger partial charge in [-0.1, -0.05) is 32.9 Å². The predicted octanol–water partition coefficient (Wildman–Crippen LogP) is 5.73. The summed E-state index contributed by atoms with van der Waals surface area (Å²) >= 11 is 0. The summed E-state index contributed by atoms with van der Waals surface area (Å²) in [6.07, 6.45) is 3.42. The second kappa shape index (κ2) is 9.21. The summed E-state index contributed by atoms with van der Waals surface area (Å²) in [5.74, 6) is 0.910. The lowest BCUT2D eigenvalue weighted by Crippen LogP contribution is -2.53. The van der Waals surface area contributed by atoms with Crippen LogP contribution < -0.4 is 10.1 Å². The van der Waals surface area contributed by atoms with E-state index in [1.807, 2.05) is 30.3 Å². The number of alkyl carbamates (subject to hydrolysis) is 1. The minimum Gasteiger partial charge on any atom is -0.494 e. The van der Waals surface area contributed by atoms with Gasteiger partial charge >= 0.3 is 6.09 Å². The van der Waals surface area contributed by atoms with Crippen LogP contribution in [0.3, 0.4) is 0 Å². The summed E-state index contributed by atoms with van der Waals surface area (Å²) < 4.78 is 27.0. The molecule has 1 aliphatic carbocycles. The van der Waals surface area contributed by atoms with Crippen molar-refractivity contribution in [1.82, 2.24) is 10.2 Å². The van der Waals surface area contributed by atoms with Crippen LogP contribution in [0, 0.1) is 17.2 Å². The van der Waals surface area contributed by atoms with Crippen molar-refractivity contribution in [1.29, 1.82) is 0 Å². The Hall–Kier alpha value is -2.60. The molecule has 3 fully saturated rings. The van der Waals surface area contributed by atoms with Crippen LogP contribution in [0.15, 0.2) is 36.4 Å². The molecule has 1 amide bonds. The number of rotatable bonds is 6. The van der Waals surface area contributed by atoms with Gasteiger partial charge in [0, 0.05) is 12.1 Å². The van der Waals surface area contributed by atoms with E-state index in [1.165, 1.54) is 0 Å². The van der Waals surface area contributed by atoms with Gasteiger partial charge in [0.25, 0.3) is 0 Å². The molecule has 3 aliphatic heterocycles. The Kier molecular flexibility index (Phi) is 6.28. The second-order valence-corrected chi connectivity index (χ2v) is 10.7. The fourth-order valence-corrected chi connectivity index (χ4v) is 5.87. The van der Waals surface area contributed by atoms with Gasteiger partial charge in [-0.05, 0) is 91.1 Å². The monoisotopic (exact) mass is 466 g/mol. The van der Waals surface area contributed by atoms with E-state index >= 15 is 4.39 Å². The van der Waals surface area contributed by atoms with Crippen LogP contribution in [0.25, 0.3) is 11.1 Å². The Balaban J connectivity index is 1.35. The van der Waals surface area contributed by atoms with Gasteiger partial charge in [0.15, 0.2) is 0 Å². The lowest BCUT2D eigenvalue weighted by molar-refractivity contribution is -0.0349. The van der Waals surface area contributed by atoms with Crippen LogP contribution in [-0.2, 0) is 11.2 Å². The average Bonchev–Trinajstić information content (AvgIpc) is 3.06. The van der Waals surface area contributed by atoms with Crippen LogP contribution >= 0.6 is 0 Å². The molecule has 0 radical (unpaired) electrons. The van der Waals surface area contributed by atoms with E-state index in [4.69, 9.17) is 9.47 Å². The molecule has 2 bridgehead atoms. The van der Waals surface area contributed by atoms with Gasteiger partial charge in [0.1, 0.15) is 17.7 Å². The SMILES string of the molecule is CCCOc1cccc(-c2cc3c(cc2F)C(NC(=O)O[C@H]2CN4CCC2CC4)C(C)(C)C3)c1. The maximum Gasteiger partial charge on any atom is 0.407 e. The highest BCUT2D eigenvalue weighted by Crippen LogP contribution is 2.47. The Morgan fingerprint density at radius 3 is 2.71 bits per heavy atom. The Morgan fingerprint density at radius 2 is 2.00 bits per heavy atom. The third-order valence-corrected chi connectivity index (χ3v) is 7.70. The van der Waals surface area contributed by atoms with Gasteiger partial charge in [-0.25, -0.2) is 9.18 Å². The van der Waals surface area contributed by atoms with Gasteiger partial charge in [-0.15, -0.1) is 0 Å². The summed E-state index contributed by atoms with van der Waals surface area (Å²) in [7, 11) is 0. The molecule has 5 nitrogen and oxygen atoms in total. The molecule has 2 aromatic rings. The van der Waals surface area contributed by atoms with Crippen molar-refractivity contribution in [2.75, 3.05) is 26.2 Å². The maximum atomic E-state index is 15.4. The number of hydrogen-bond donors (Lipinski definition) is 1. The van der Waals surface area contributed by atoms with E-state index in [9.17, 15) is 4.79 Å². The Labute approximate surface area is 201 Å². The normalized spacial score (nSPS) is 26.7. The number of halogens is 1. The van der Waals surface area contributed by atoms with E-state index < -0.39 is 6.09 Å². The van der Waals surface area contributed by atoms with Crippen LogP contribution in [0.2, 0.25) is 0 Å². The lowest BCUT2D eigenvalue weighted by atomic mass is 9.85. The molecule has 182 valence electrons. The molecule has 34 heavy (non-hydrogen) atoms. The van der Waals surface area contributed by atoms with Crippen LogP contribution in [-0.4, -0.2) is 43.3 Å². The summed E-state index contributed by atoms with van der Waals surface area (Å²) in [4.78, 5) is 15.2. The first-order valence-corrected chi connectivity index (χ1v) is 12.6. The molecule has 3 heterocycles. The van der Waals surface area contributed by atoms with Crippen LogP contribution in [0.1, 0.15) is 57.2 Å². The third-order valence-electron chi connectivity index (χ3n) is 7.70. The molecule has 4 aliphatic rings. The number of carbonyl (C=O) groups is 1. The molecular formula is C28H35FN2O3. The second-order valence-electron chi connectivity index (χ2n) is 10.7. The molecule has 6 rings (SSSR count). The number of nitrogens with zero attached hydrogens (tertiary/aromatic N) is 1. The maximum absolute atomic E-state index is 15.4. The fraction of sp³-hybridized carbons (Fsp3) is 0.536. The number of carbonyl (C=O) groups excluding carboxylic acids is 1. The molecule has 0 spiro atoms. The van der Waals surface area contributed by atoms with Crippen molar-refractivity contribution < 1.29 is 18.7 Å². The fourth-order valence-electron chi connectivity index (χ4n) is 5.87. The van der Waals surface area contributed by atoms with E-state index in [2.05, 4.69) is 31.0 Å². The van der Waals surface area contributed by atoms with Gasteiger partial charge in [-0.2, -0.15) is 0 Å². The van der Waals surface area contributed by atoms with Crippen LogP contribution in [0.4, 0.5) is 9.18 Å². The number of benzene rings is 2. The van der Waals surface area contributed by atoms with Crippen molar-refractivity contribution in [2.24, 2.45) is 11.3 Å². The Bertz CT molecular complexity index is 1060. The minimum atomic E-state index is -0.394. The smallest absolute Gasteiger partial charge is 0.407 e. The number of fused-ring (bicyclic) bond motifs is 4. The molecule has 2 aromatic carbocycles. The van der Waals surface area contributed by atoms with Crippen molar-refractivity contribution >= 4 is 6.09 Å². The third kappa shape index (κ3) is 4.52. The topological polar surface area (TPSA) is 50.8 Å². The number of ether oxygens (including phenoxy) is 2. The summed E-state index contributed by atoms with van der Waals surface area (Å²) in [6.45, 7) is 9.94. The number of piperidine rings is 3. The van der Waals surface area contributed by atoms with Crippen molar-refractivity contribution in [2.45, 2.75) is 58.6 Å². The molecule has 6 heteroatoms. The standard InChI is InChI=1S/C28H35FN2O3/c1-4-12-33-21-7-5-6-19(13-21)22-14-20-16-28(2,3)26(23(20)15-24(22)29)30-27(32)34-25-17-31-10-8-18(25)9-11-31/h5-7,13-15,18,25-26H,4,8-12,16-17H2,1-3H3,(H,30,32)/t25-,26?/m0/s1. The lowest BCUT2D eigenvalue weighted by Gasteiger charge is -2.44. The molecular weight excluding hydrogens is 431 g/mol. The zero-order valence-corrected chi connectivity index (χ0v) is 20.4. The van der Waals surface area contributed by atoms with E-state index in [1.54, 1.807) is 6.07 Å². The highest BCUT2D eigenvalue weighted by atomic mass is 19.1. The number of nitrogens with one attached hydrogen (secondary N) is 1. The number of amides is 1. The first kappa shape index (κ1) is 23.2. The van der Waals surface area contributed by atoms with Gasteiger partial charge in [-0.3, -0.25) is 4.90 Å². The highest BCUT2D eigenvalue weighted by molar-refractivity contribution is 5.71. The van der Waals surface area contributed by atoms with E-state index in [0.29, 0.717) is 18.1 Å². The molecule has 3 saturated heterocycles. The zero-order chi connectivity index (χ0) is 23.9. The average molecular weight is 467 g/mol. The first-order chi connectivity index (χ1) is 16.3. The van der Waals surface area contributed by atoms with Crippen molar-refractivity contribution in [3.8, 4) is 16.9 Å². The number of hydrogen-bond acceptors (Lipinski definition) is 4.